The highest BCUT2D eigenvalue weighted by Crippen LogP contribution is 2.41. The van der Waals surface area contributed by atoms with Crippen LogP contribution in [0.3, 0.4) is 0 Å². The fraction of sp³-hybridized carbons (Fsp3) is 0.444. The molecular weight excluding hydrogens is 575 g/mol. The molecule has 1 aromatic carbocycles. The predicted molar refractivity (Wildman–Crippen MR) is 148 cm³/mol. The number of aromatic nitrogens is 1. The number of hydrogen-bond acceptors (Lipinski definition) is 9. The molecule has 11 nitrogen and oxygen atoms in total. The zero-order valence-corrected chi connectivity index (χ0v) is 23.8. The molecule has 41 heavy (non-hydrogen) atoms. The van der Waals surface area contributed by atoms with Crippen molar-refractivity contribution in [1.29, 1.82) is 0 Å². The summed E-state index contributed by atoms with van der Waals surface area (Å²) in [6.07, 6.45) is 3.31. The molecule has 0 spiro atoms. The van der Waals surface area contributed by atoms with E-state index < -0.39 is 29.3 Å². The van der Waals surface area contributed by atoms with Crippen molar-refractivity contribution in [3.05, 3.63) is 62.5 Å². The van der Waals surface area contributed by atoms with Crippen molar-refractivity contribution >= 4 is 46.7 Å². The third-order valence-corrected chi connectivity index (χ3v) is 9.05. The van der Waals surface area contributed by atoms with E-state index in [9.17, 15) is 23.9 Å². The second-order valence-electron chi connectivity index (χ2n) is 10.7. The average molecular weight is 603 g/mol. The molecule has 2 atom stereocenters. The van der Waals surface area contributed by atoms with E-state index >= 15 is 0 Å². The largest absolute Gasteiger partial charge is 0.481 e. The van der Waals surface area contributed by atoms with Gasteiger partial charge in [-0.1, -0.05) is 17.7 Å². The number of halogens is 2. The van der Waals surface area contributed by atoms with E-state index in [0.29, 0.717) is 48.3 Å². The molecule has 14 heteroatoms. The maximum Gasteiger partial charge on any atom is 0.338 e. The molecule has 3 fully saturated rings. The predicted octanol–water partition coefficient (Wildman–Crippen LogP) is 2.88. The van der Waals surface area contributed by atoms with E-state index in [4.69, 9.17) is 21.3 Å². The van der Waals surface area contributed by atoms with Gasteiger partial charge in [0.15, 0.2) is 10.8 Å². The highest BCUT2D eigenvalue weighted by molar-refractivity contribution is 7.11. The van der Waals surface area contributed by atoms with Gasteiger partial charge in [-0.05, 0) is 25.0 Å². The lowest BCUT2D eigenvalue weighted by Gasteiger charge is -2.45. The standard InChI is InChI=1S/C27H28ClFN6O5S/c1-40-25(38)21-19(31-23(24-30-6-9-41-24)32-22(21)17-5-2-15(29)10-18(17)28)12-33-7-8-35-26(39)34(16-3-4-16)14-27(35,13-33)11-20(36)37/h2,5-6,9-10,16,22H,3-4,7-8,11-14H2,1H3,(H,31,32)(H,36,37)/t22-,27?/m0/s1. The van der Waals surface area contributed by atoms with Gasteiger partial charge in [0.05, 0.1) is 24.6 Å². The van der Waals surface area contributed by atoms with Crippen LogP contribution < -0.4 is 5.32 Å². The molecule has 1 aliphatic carbocycles. The molecule has 4 aliphatic rings. The van der Waals surface area contributed by atoms with Gasteiger partial charge in [0, 0.05) is 66.6 Å². The Hall–Kier alpha value is -3.55. The maximum absolute atomic E-state index is 13.9. The minimum atomic E-state index is -0.975. The van der Waals surface area contributed by atoms with Crippen LogP contribution >= 0.6 is 22.9 Å². The van der Waals surface area contributed by atoms with Crippen molar-refractivity contribution in [2.45, 2.75) is 36.9 Å². The molecule has 0 bridgehead atoms. The van der Waals surface area contributed by atoms with Gasteiger partial charge in [0.1, 0.15) is 11.9 Å². The Morgan fingerprint density at radius 3 is 2.76 bits per heavy atom. The van der Waals surface area contributed by atoms with E-state index in [0.717, 1.165) is 12.8 Å². The van der Waals surface area contributed by atoms with Gasteiger partial charge < -0.3 is 25.0 Å². The molecule has 4 heterocycles. The number of amidine groups is 1. The van der Waals surface area contributed by atoms with Gasteiger partial charge in [-0.2, -0.15) is 0 Å². The molecule has 2 N–H and O–H groups in total. The van der Waals surface area contributed by atoms with Crippen LogP contribution in [0.15, 0.2) is 46.0 Å². The number of fused-ring (bicyclic) bond motifs is 1. The molecule has 6 rings (SSSR count). The number of methoxy groups -OCH3 is 1. The fourth-order valence-electron chi connectivity index (χ4n) is 6.02. The number of hydrogen-bond donors (Lipinski definition) is 2. The molecule has 1 saturated carbocycles. The Morgan fingerprint density at radius 1 is 1.29 bits per heavy atom. The van der Waals surface area contributed by atoms with Crippen LogP contribution in [0.5, 0.6) is 0 Å². The van der Waals surface area contributed by atoms with E-state index in [-0.39, 0.29) is 35.6 Å². The summed E-state index contributed by atoms with van der Waals surface area (Å²) in [7, 11) is 1.27. The number of ether oxygens (including phenoxy) is 1. The van der Waals surface area contributed by atoms with Crippen LogP contribution in [0.4, 0.5) is 9.18 Å². The van der Waals surface area contributed by atoms with Crippen LogP contribution in [0.25, 0.3) is 0 Å². The highest BCUT2D eigenvalue weighted by atomic mass is 35.5. The first-order valence-corrected chi connectivity index (χ1v) is 14.5. The summed E-state index contributed by atoms with van der Waals surface area (Å²) in [6.45, 7) is 1.69. The fourth-order valence-corrected chi connectivity index (χ4v) is 6.88. The summed E-state index contributed by atoms with van der Waals surface area (Å²) >= 11 is 7.81. The zero-order valence-electron chi connectivity index (χ0n) is 22.2. The zero-order chi connectivity index (χ0) is 28.9. The summed E-state index contributed by atoms with van der Waals surface area (Å²) in [4.78, 5) is 53.2. The summed E-state index contributed by atoms with van der Waals surface area (Å²) < 4.78 is 19.1. The van der Waals surface area contributed by atoms with Gasteiger partial charge >= 0.3 is 18.0 Å². The molecule has 216 valence electrons. The number of aliphatic carboxylic acids is 1. The first-order chi connectivity index (χ1) is 19.7. The number of amides is 2. The number of carbonyl (C=O) groups is 3. The van der Waals surface area contributed by atoms with Gasteiger partial charge in [-0.15, -0.1) is 11.3 Å². The number of aliphatic imine (C=N–C) groups is 1. The number of benzene rings is 1. The van der Waals surface area contributed by atoms with Crippen molar-refractivity contribution in [2.75, 3.05) is 39.8 Å². The molecule has 3 aliphatic heterocycles. The number of piperazine rings is 1. The maximum atomic E-state index is 13.9. The van der Waals surface area contributed by atoms with Crippen molar-refractivity contribution in [2.24, 2.45) is 4.99 Å². The Kier molecular flexibility index (Phi) is 7.20. The van der Waals surface area contributed by atoms with Crippen LogP contribution in [-0.2, 0) is 14.3 Å². The van der Waals surface area contributed by atoms with E-state index in [1.165, 1.54) is 36.6 Å². The minimum Gasteiger partial charge on any atom is -0.481 e. The lowest BCUT2D eigenvalue weighted by atomic mass is 9.90. The second-order valence-corrected chi connectivity index (χ2v) is 12.0. The third kappa shape index (κ3) is 5.17. The number of carbonyl (C=O) groups excluding carboxylic acids is 2. The Balaban J connectivity index is 1.37. The quantitative estimate of drug-likeness (QED) is 0.442. The van der Waals surface area contributed by atoms with E-state index in [1.54, 1.807) is 16.5 Å². The number of rotatable bonds is 8. The van der Waals surface area contributed by atoms with Gasteiger partial charge in [-0.3, -0.25) is 14.7 Å². The van der Waals surface area contributed by atoms with Crippen molar-refractivity contribution < 1.29 is 28.6 Å². The number of urea groups is 1. The molecule has 2 saturated heterocycles. The second kappa shape index (κ2) is 10.7. The third-order valence-electron chi connectivity index (χ3n) is 7.94. The van der Waals surface area contributed by atoms with Crippen molar-refractivity contribution in [3.8, 4) is 0 Å². The molecule has 0 radical (unpaired) electrons. The number of thiazole rings is 1. The average Bonchev–Trinajstić information content (AvgIpc) is 3.54. The summed E-state index contributed by atoms with van der Waals surface area (Å²) in [5, 5.41) is 15.6. The molecule has 1 unspecified atom stereocenters. The van der Waals surface area contributed by atoms with E-state index in [2.05, 4.69) is 10.3 Å². The smallest absolute Gasteiger partial charge is 0.338 e. The molecule has 2 aromatic rings. The number of esters is 1. The minimum absolute atomic E-state index is 0.108. The van der Waals surface area contributed by atoms with Crippen LogP contribution in [0.2, 0.25) is 5.02 Å². The lowest BCUT2D eigenvalue weighted by molar-refractivity contribution is -0.140. The van der Waals surface area contributed by atoms with Crippen LogP contribution in [0, 0.1) is 5.82 Å². The van der Waals surface area contributed by atoms with Gasteiger partial charge in [-0.25, -0.2) is 19.0 Å². The number of nitrogens with zero attached hydrogens (tertiary/aromatic N) is 5. The molecule has 1 aromatic heterocycles. The lowest BCUT2D eigenvalue weighted by Crippen LogP contribution is -2.62. The monoisotopic (exact) mass is 602 g/mol. The topological polar surface area (TPSA) is 128 Å². The van der Waals surface area contributed by atoms with Gasteiger partial charge in [0.2, 0.25) is 0 Å². The van der Waals surface area contributed by atoms with Gasteiger partial charge in [0.25, 0.3) is 0 Å². The molecule has 2 amide bonds. The summed E-state index contributed by atoms with van der Waals surface area (Å²) in [5.41, 5.74) is 0.231. The van der Waals surface area contributed by atoms with Crippen molar-refractivity contribution in [3.63, 3.8) is 0 Å². The Bertz CT molecular complexity index is 1460. The number of carboxylic acids is 1. The molecular formula is C27H28ClFN6O5S. The SMILES string of the molecule is COC(=O)C1=C(CN2CCN3C(=O)N(C4CC4)CC3(CC(=O)O)C2)NC(c2nccs2)=N[C@H]1c1ccc(F)cc1Cl. The summed E-state index contributed by atoms with van der Waals surface area (Å²) in [5.74, 6) is -1.71. The highest BCUT2D eigenvalue weighted by Gasteiger charge is 2.56. The van der Waals surface area contributed by atoms with Crippen LogP contribution in [-0.4, -0.2) is 100 Å². The first-order valence-electron chi connectivity index (χ1n) is 13.2. The van der Waals surface area contributed by atoms with Crippen molar-refractivity contribution in [1.82, 2.24) is 25.0 Å². The Labute approximate surface area is 244 Å². The Morgan fingerprint density at radius 2 is 2.10 bits per heavy atom. The first kappa shape index (κ1) is 27.6. The number of carboxylic acid groups (broad SMARTS) is 1. The normalized spacial score (nSPS) is 24.7. The summed E-state index contributed by atoms with van der Waals surface area (Å²) in [6, 6.07) is 3.08. The van der Waals surface area contributed by atoms with E-state index in [1.807, 2.05) is 9.80 Å². The number of nitrogens with one attached hydrogen (secondary N) is 1. The van der Waals surface area contributed by atoms with Crippen LogP contribution in [0.1, 0.15) is 35.9 Å².